The number of esters is 2. The van der Waals surface area contributed by atoms with Crippen LogP contribution in [0.4, 0.5) is 0 Å². The van der Waals surface area contributed by atoms with Gasteiger partial charge in [0, 0.05) is 19.3 Å². The number of ether oxygens (including phenoxy) is 3. The first-order chi connectivity index (χ1) is 33.6. The number of carboxylic acid groups (broad SMARTS) is 1. The quantitative estimate of drug-likeness (QED) is 0.0281. The number of carbonyl (C=O) groups is 3. The van der Waals surface area contributed by atoms with Gasteiger partial charge in [0.05, 0.1) is 34.4 Å². The summed E-state index contributed by atoms with van der Waals surface area (Å²) in [5.41, 5.74) is 0. The van der Waals surface area contributed by atoms with Gasteiger partial charge in [-0.3, -0.25) is 9.59 Å². The van der Waals surface area contributed by atoms with E-state index in [0.717, 1.165) is 89.9 Å². The zero-order valence-electron chi connectivity index (χ0n) is 45.2. The number of hydrogen-bond acceptors (Lipinski definition) is 6. The van der Waals surface area contributed by atoms with Crippen LogP contribution < -0.4 is 0 Å². The highest BCUT2D eigenvalue weighted by Gasteiger charge is 2.31. The molecule has 0 radical (unpaired) electrons. The maximum atomic E-state index is 12.8. The molecular weight excluding hydrogens is 859 g/mol. The molecule has 0 bridgehead atoms. The van der Waals surface area contributed by atoms with Crippen LogP contribution >= 0.6 is 0 Å². The Hall–Kier alpha value is -3.49. The van der Waals surface area contributed by atoms with Gasteiger partial charge in [0.1, 0.15) is 6.61 Å². The Labute approximate surface area is 424 Å². The second-order valence-corrected chi connectivity index (χ2v) is 19.8. The van der Waals surface area contributed by atoms with Crippen LogP contribution in [0.1, 0.15) is 232 Å². The van der Waals surface area contributed by atoms with E-state index in [1.807, 2.05) is 21.1 Å². The summed E-state index contributed by atoms with van der Waals surface area (Å²) in [6, 6.07) is -0.626. The van der Waals surface area contributed by atoms with Crippen LogP contribution in [-0.2, 0) is 28.6 Å². The first-order valence-electron chi connectivity index (χ1n) is 28.1. The number of allylic oxidation sites excluding steroid dienone is 14. The van der Waals surface area contributed by atoms with Gasteiger partial charge < -0.3 is 23.8 Å². The van der Waals surface area contributed by atoms with Gasteiger partial charge in [0.25, 0.3) is 0 Å². The number of unbranched alkanes of at least 4 members (excludes halogenated alkanes) is 22. The minimum Gasteiger partial charge on any atom is -0.477 e. The van der Waals surface area contributed by atoms with E-state index in [1.165, 1.54) is 109 Å². The third-order valence-corrected chi connectivity index (χ3v) is 12.3. The van der Waals surface area contributed by atoms with Gasteiger partial charge >= 0.3 is 17.9 Å². The molecule has 0 saturated carbocycles. The molecule has 0 aliphatic rings. The summed E-state index contributed by atoms with van der Waals surface area (Å²) in [6.07, 6.45) is 67.9. The van der Waals surface area contributed by atoms with E-state index in [9.17, 15) is 19.5 Å². The van der Waals surface area contributed by atoms with Crippen molar-refractivity contribution < 1.29 is 38.2 Å². The van der Waals surface area contributed by atoms with Crippen molar-refractivity contribution in [3.05, 3.63) is 85.1 Å². The number of likely N-dealkylation sites (N-methyl/N-ethyl adjacent to an activating group) is 1. The van der Waals surface area contributed by atoms with Crippen LogP contribution in [0.2, 0.25) is 0 Å². The van der Waals surface area contributed by atoms with E-state index >= 15 is 0 Å². The van der Waals surface area contributed by atoms with Crippen molar-refractivity contribution in [2.24, 2.45) is 0 Å². The van der Waals surface area contributed by atoms with Crippen molar-refractivity contribution in [1.29, 1.82) is 0 Å². The summed E-state index contributed by atoms with van der Waals surface area (Å²) in [6.45, 7) is 4.61. The second-order valence-electron chi connectivity index (χ2n) is 19.8. The van der Waals surface area contributed by atoms with Gasteiger partial charge in [-0.05, 0) is 89.9 Å². The highest BCUT2D eigenvalue weighted by Crippen LogP contribution is 2.15. The maximum absolute atomic E-state index is 12.8. The molecule has 0 amide bonds. The van der Waals surface area contributed by atoms with Gasteiger partial charge in [0.15, 0.2) is 12.1 Å². The van der Waals surface area contributed by atoms with Gasteiger partial charge in [-0.1, -0.05) is 208 Å². The average molecular weight is 966 g/mol. The van der Waals surface area contributed by atoms with E-state index < -0.39 is 18.1 Å². The fourth-order valence-electron chi connectivity index (χ4n) is 7.97. The Morgan fingerprint density at radius 1 is 0.449 bits per heavy atom. The van der Waals surface area contributed by atoms with Crippen LogP contribution in [0.5, 0.6) is 0 Å². The molecule has 0 spiro atoms. The molecule has 0 aromatic carbocycles. The average Bonchev–Trinajstić information content (AvgIpc) is 3.31. The molecular formula is C61H106NO7+. The van der Waals surface area contributed by atoms with Crippen molar-refractivity contribution in [2.75, 3.05) is 41.0 Å². The zero-order valence-corrected chi connectivity index (χ0v) is 45.2. The fourth-order valence-corrected chi connectivity index (χ4v) is 7.97. The summed E-state index contributed by atoms with van der Waals surface area (Å²) < 4.78 is 17.4. The van der Waals surface area contributed by atoms with Crippen LogP contribution in [0.15, 0.2) is 85.1 Å². The van der Waals surface area contributed by atoms with E-state index in [0.29, 0.717) is 19.3 Å². The SMILES string of the molecule is CC/C=C/C/C=C/C/C=C/C/C=C/C/C=C/C/C=C/CCCCCCC(=O)OC(COCCC(C(=O)O)[N+](C)(C)C)COC(=O)CCCCCCCCC/C=C/CCCCCCCCCCCCC. The second kappa shape index (κ2) is 50.9. The molecule has 8 heteroatoms. The van der Waals surface area contributed by atoms with E-state index in [4.69, 9.17) is 14.2 Å². The molecule has 2 unspecified atom stereocenters. The van der Waals surface area contributed by atoms with Gasteiger partial charge in [-0.25, -0.2) is 4.79 Å². The van der Waals surface area contributed by atoms with Crippen LogP contribution in [0.3, 0.4) is 0 Å². The topological polar surface area (TPSA) is 99.1 Å². The summed E-state index contributed by atoms with van der Waals surface area (Å²) in [5, 5.41) is 9.67. The smallest absolute Gasteiger partial charge is 0.362 e. The van der Waals surface area contributed by atoms with E-state index in [2.05, 4.69) is 98.9 Å². The molecule has 0 aromatic heterocycles. The summed E-state index contributed by atoms with van der Waals surface area (Å²) in [7, 11) is 5.53. The zero-order chi connectivity index (χ0) is 50.6. The summed E-state index contributed by atoms with van der Waals surface area (Å²) in [4.78, 5) is 37.3. The molecule has 2 atom stereocenters. The molecule has 1 N–H and O–H groups in total. The molecule has 0 fully saturated rings. The molecule has 0 heterocycles. The van der Waals surface area contributed by atoms with Crippen LogP contribution in [-0.4, -0.2) is 80.6 Å². The van der Waals surface area contributed by atoms with Gasteiger partial charge in [-0.2, -0.15) is 0 Å². The standard InChI is InChI=1S/C61H105NO7/c1-6-8-10-12-14-16-18-20-22-24-26-28-30-32-34-36-38-40-42-44-46-48-50-52-60(64)69-57(55-67-54-53-58(61(65)66)62(3,4)5)56-68-59(63)51-49-47-45-43-41-39-37-35-33-31-29-27-25-23-21-19-17-15-13-11-9-7-2/h8,10,14,16,20,22,26,28,31-34,38,40,57-58H,6-7,9,11-13,15,17-19,21,23-25,27,29-30,35-37,39,41-56H2,1-5H3/p+1/b10-8+,16-14+,22-20+,28-26+,33-31+,34-32+,40-38+. The largest absolute Gasteiger partial charge is 0.477 e. The summed E-state index contributed by atoms with van der Waals surface area (Å²) >= 11 is 0. The lowest BCUT2D eigenvalue weighted by Gasteiger charge is -2.31. The third-order valence-electron chi connectivity index (χ3n) is 12.3. The number of rotatable bonds is 50. The number of carboxylic acids is 1. The fraction of sp³-hybridized carbons (Fsp3) is 0.721. The van der Waals surface area contributed by atoms with Gasteiger partial charge in [0.2, 0.25) is 0 Å². The van der Waals surface area contributed by atoms with Crippen molar-refractivity contribution in [1.82, 2.24) is 0 Å². The Bertz CT molecular complexity index is 1400. The summed E-state index contributed by atoms with van der Waals surface area (Å²) in [5.74, 6) is -1.51. The molecule has 0 aromatic rings. The van der Waals surface area contributed by atoms with Crippen molar-refractivity contribution in [3.8, 4) is 0 Å². The first kappa shape index (κ1) is 65.5. The van der Waals surface area contributed by atoms with Crippen molar-refractivity contribution in [3.63, 3.8) is 0 Å². The number of quaternary nitrogens is 1. The minimum atomic E-state index is -0.881. The monoisotopic (exact) mass is 965 g/mol. The highest BCUT2D eigenvalue weighted by atomic mass is 16.6. The van der Waals surface area contributed by atoms with Crippen molar-refractivity contribution >= 4 is 17.9 Å². The number of aliphatic carboxylic acids is 1. The number of carbonyl (C=O) groups excluding carboxylic acids is 2. The minimum absolute atomic E-state index is 0.0453. The molecule has 0 rings (SSSR count). The molecule has 0 saturated heterocycles. The van der Waals surface area contributed by atoms with Crippen LogP contribution in [0, 0.1) is 0 Å². The predicted octanol–water partition coefficient (Wildman–Crippen LogP) is 16.8. The predicted molar refractivity (Wildman–Crippen MR) is 293 cm³/mol. The Kier molecular flexibility index (Phi) is 48.3. The number of nitrogens with zero attached hydrogens (tertiary/aromatic N) is 1. The number of hydrogen-bond donors (Lipinski definition) is 1. The van der Waals surface area contributed by atoms with E-state index in [1.54, 1.807) is 0 Å². The molecule has 0 aliphatic carbocycles. The molecule has 69 heavy (non-hydrogen) atoms. The Morgan fingerprint density at radius 3 is 1.22 bits per heavy atom. The Morgan fingerprint density at radius 2 is 0.812 bits per heavy atom. The molecule has 396 valence electrons. The maximum Gasteiger partial charge on any atom is 0.362 e. The lowest BCUT2D eigenvalue weighted by Crippen LogP contribution is -2.50. The lowest BCUT2D eigenvalue weighted by atomic mass is 10.0. The molecule has 0 aliphatic heterocycles. The third kappa shape index (κ3) is 49.3. The van der Waals surface area contributed by atoms with Crippen LogP contribution in [0.25, 0.3) is 0 Å². The van der Waals surface area contributed by atoms with E-state index in [-0.39, 0.29) is 36.2 Å². The first-order valence-corrected chi connectivity index (χ1v) is 28.1. The van der Waals surface area contributed by atoms with Gasteiger partial charge in [-0.15, -0.1) is 0 Å². The van der Waals surface area contributed by atoms with Crippen molar-refractivity contribution in [2.45, 2.75) is 244 Å². The Balaban J connectivity index is 4.27. The lowest BCUT2D eigenvalue weighted by molar-refractivity contribution is -0.887. The molecule has 8 nitrogen and oxygen atoms in total. The normalized spacial score (nSPS) is 13.5. The highest BCUT2D eigenvalue weighted by molar-refractivity contribution is 5.72.